The number of methoxy groups -OCH3 is 1. The average Bonchev–Trinajstić information content (AvgIpc) is 3.23. The van der Waals surface area contributed by atoms with Crippen LogP contribution < -0.4 is 10.1 Å². The third-order valence-electron chi connectivity index (χ3n) is 5.53. The second-order valence-electron chi connectivity index (χ2n) is 8.95. The largest absolute Gasteiger partial charge is 0.497 e. The van der Waals surface area contributed by atoms with E-state index in [1.54, 1.807) is 7.11 Å². The van der Waals surface area contributed by atoms with Crippen LogP contribution in [0.15, 0.2) is 66.7 Å². The smallest absolute Gasteiger partial charge is 0.172 e. The molecule has 0 spiro atoms. The number of aromatic nitrogens is 4. The molecule has 0 aliphatic heterocycles. The van der Waals surface area contributed by atoms with E-state index in [0.717, 1.165) is 44.8 Å². The molecule has 3 aromatic carbocycles. The Morgan fingerprint density at radius 1 is 0.879 bits per heavy atom. The molecule has 1 N–H and O–H groups in total. The summed E-state index contributed by atoms with van der Waals surface area (Å²) >= 11 is 6.56. The zero-order valence-electron chi connectivity index (χ0n) is 18.9. The first-order valence-electron chi connectivity index (χ1n) is 10.7. The van der Waals surface area contributed by atoms with Crippen molar-refractivity contribution in [1.82, 2.24) is 19.7 Å². The molecule has 7 heteroatoms. The maximum absolute atomic E-state index is 6.56. The standard InChI is InChI=1S/C26H24ClN5O/c1-26(2,3)22-15-23(32(31-22)18-9-11-19(33-4)12-10-18)30-25-24(27)28-20-13-16-7-5-6-8-17(16)14-21(20)29-25/h5-15H,1-4H3,(H,29,30). The molecular weight excluding hydrogens is 434 g/mol. The van der Waals surface area contributed by atoms with Crippen LogP contribution in [0.5, 0.6) is 5.75 Å². The molecule has 0 aliphatic carbocycles. The van der Waals surface area contributed by atoms with Crippen LogP contribution in [0.4, 0.5) is 11.6 Å². The Balaban J connectivity index is 1.60. The zero-order chi connectivity index (χ0) is 23.2. The molecule has 0 aliphatic rings. The molecule has 5 rings (SSSR count). The third-order valence-corrected chi connectivity index (χ3v) is 5.79. The lowest BCUT2D eigenvalue weighted by molar-refractivity contribution is 0.414. The van der Waals surface area contributed by atoms with E-state index in [0.29, 0.717) is 11.0 Å². The van der Waals surface area contributed by atoms with Gasteiger partial charge in [0.25, 0.3) is 0 Å². The van der Waals surface area contributed by atoms with Crippen LogP contribution in [0.3, 0.4) is 0 Å². The zero-order valence-corrected chi connectivity index (χ0v) is 19.7. The van der Waals surface area contributed by atoms with Gasteiger partial charge in [0, 0.05) is 11.5 Å². The molecule has 0 atom stereocenters. The first-order valence-corrected chi connectivity index (χ1v) is 11.1. The van der Waals surface area contributed by atoms with Gasteiger partial charge in [0.05, 0.1) is 29.5 Å². The van der Waals surface area contributed by atoms with Crippen LogP contribution in [0.25, 0.3) is 27.5 Å². The number of anilines is 2. The molecular formula is C26H24ClN5O. The first kappa shape index (κ1) is 21.2. The van der Waals surface area contributed by atoms with Gasteiger partial charge in [0.2, 0.25) is 0 Å². The van der Waals surface area contributed by atoms with Gasteiger partial charge in [0.1, 0.15) is 11.6 Å². The van der Waals surface area contributed by atoms with E-state index in [1.807, 2.05) is 59.3 Å². The second-order valence-corrected chi connectivity index (χ2v) is 9.31. The molecule has 5 aromatic rings. The Morgan fingerprint density at radius 2 is 1.52 bits per heavy atom. The molecule has 2 aromatic heterocycles. The number of nitrogens with one attached hydrogen (secondary N) is 1. The van der Waals surface area contributed by atoms with E-state index >= 15 is 0 Å². The van der Waals surface area contributed by atoms with Gasteiger partial charge in [-0.05, 0) is 47.2 Å². The highest BCUT2D eigenvalue weighted by atomic mass is 35.5. The molecule has 166 valence electrons. The highest BCUT2D eigenvalue weighted by Crippen LogP contribution is 2.31. The summed E-state index contributed by atoms with van der Waals surface area (Å²) in [5.41, 5.74) is 3.23. The Labute approximate surface area is 197 Å². The highest BCUT2D eigenvalue weighted by molar-refractivity contribution is 6.32. The van der Waals surface area contributed by atoms with Gasteiger partial charge in [-0.1, -0.05) is 56.6 Å². The predicted molar refractivity (Wildman–Crippen MR) is 134 cm³/mol. The fourth-order valence-electron chi connectivity index (χ4n) is 3.68. The number of hydrogen-bond acceptors (Lipinski definition) is 5. The van der Waals surface area contributed by atoms with Crippen molar-refractivity contribution in [3.63, 3.8) is 0 Å². The summed E-state index contributed by atoms with van der Waals surface area (Å²) in [6.45, 7) is 6.39. The van der Waals surface area contributed by atoms with Crippen LogP contribution in [-0.2, 0) is 5.41 Å². The molecule has 0 bridgehead atoms. The maximum Gasteiger partial charge on any atom is 0.172 e. The van der Waals surface area contributed by atoms with Crippen LogP contribution >= 0.6 is 11.6 Å². The summed E-state index contributed by atoms with van der Waals surface area (Å²) in [5.74, 6) is 2.02. The third kappa shape index (κ3) is 4.10. The number of halogens is 1. The summed E-state index contributed by atoms with van der Waals surface area (Å²) < 4.78 is 7.15. The molecule has 0 unspecified atom stereocenters. The van der Waals surface area contributed by atoms with Gasteiger partial charge in [-0.3, -0.25) is 0 Å². The van der Waals surface area contributed by atoms with Crippen LogP contribution in [0.1, 0.15) is 26.5 Å². The van der Waals surface area contributed by atoms with Crippen molar-refractivity contribution in [2.45, 2.75) is 26.2 Å². The van der Waals surface area contributed by atoms with E-state index in [2.05, 4.69) is 43.2 Å². The van der Waals surface area contributed by atoms with Gasteiger partial charge in [-0.15, -0.1) is 0 Å². The highest BCUT2D eigenvalue weighted by Gasteiger charge is 2.22. The molecule has 0 saturated heterocycles. The van der Waals surface area contributed by atoms with Crippen molar-refractivity contribution in [2.24, 2.45) is 0 Å². The molecule has 0 fully saturated rings. The number of nitrogens with zero attached hydrogens (tertiary/aromatic N) is 4. The molecule has 0 amide bonds. The lowest BCUT2D eigenvalue weighted by Gasteiger charge is -2.14. The van der Waals surface area contributed by atoms with Crippen molar-refractivity contribution in [3.05, 3.63) is 77.6 Å². The van der Waals surface area contributed by atoms with Crippen molar-refractivity contribution in [3.8, 4) is 11.4 Å². The Morgan fingerprint density at radius 3 is 2.12 bits per heavy atom. The predicted octanol–water partition coefficient (Wildman–Crippen LogP) is 6.67. The van der Waals surface area contributed by atoms with E-state index in [9.17, 15) is 0 Å². The fourth-order valence-corrected chi connectivity index (χ4v) is 3.86. The monoisotopic (exact) mass is 457 g/mol. The van der Waals surface area contributed by atoms with Gasteiger partial charge in [0.15, 0.2) is 11.0 Å². The normalized spacial score (nSPS) is 11.8. The maximum atomic E-state index is 6.56. The van der Waals surface area contributed by atoms with Crippen molar-refractivity contribution in [2.75, 3.05) is 12.4 Å². The SMILES string of the molecule is COc1ccc(-n2nc(C(C)(C)C)cc2Nc2nc3cc4ccccc4cc3nc2Cl)cc1. The number of hydrogen-bond donors (Lipinski definition) is 1. The number of ether oxygens (including phenoxy) is 1. The Hall–Kier alpha value is -3.64. The van der Waals surface area contributed by atoms with Crippen molar-refractivity contribution >= 4 is 45.0 Å². The lowest BCUT2D eigenvalue weighted by Crippen LogP contribution is -2.12. The van der Waals surface area contributed by atoms with Crippen LogP contribution in [0.2, 0.25) is 5.15 Å². The minimum atomic E-state index is -0.133. The molecule has 2 heterocycles. The van der Waals surface area contributed by atoms with Crippen molar-refractivity contribution < 1.29 is 4.74 Å². The molecule has 0 radical (unpaired) electrons. The summed E-state index contributed by atoms with van der Waals surface area (Å²) in [7, 11) is 1.65. The van der Waals surface area contributed by atoms with Crippen molar-refractivity contribution in [1.29, 1.82) is 0 Å². The van der Waals surface area contributed by atoms with E-state index in [1.165, 1.54) is 0 Å². The Kier molecular flexibility index (Phi) is 5.17. The lowest BCUT2D eigenvalue weighted by atomic mass is 9.92. The van der Waals surface area contributed by atoms with Gasteiger partial charge >= 0.3 is 0 Å². The summed E-state index contributed by atoms with van der Waals surface area (Å²) in [4.78, 5) is 9.38. The molecule has 0 saturated carbocycles. The minimum Gasteiger partial charge on any atom is -0.497 e. The second kappa shape index (κ2) is 8.05. The number of fused-ring (bicyclic) bond motifs is 2. The van der Waals surface area contributed by atoms with E-state index < -0.39 is 0 Å². The van der Waals surface area contributed by atoms with Gasteiger partial charge in [-0.2, -0.15) is 5.10 Å². The number of benzene rings is 3. The Bertz CT molecular complexity index is 1470. The average molecular weight is 458 g/mol. The first-order chi connectivity index (χ1) is 15.8. The molecule has 6 nitrogen and oxygen atoms in total. The fraction of sp³-hybridized carbons (Fsp3) is 0.192. The minimum absolute atomic E-state index is 0.133. The van der Waals surface area contributed by atoms with Gasteiger partial charge < -0.3 is 10.1 Å². The van der Waals surface area contributed by atoms with E-state index in [4.69, 9.17) is 26.4 Å². The summed E-state index contributed by atoms with van der Waals surface area (Å²) in [6, 6.07) is 21.9. The van der Waals surface area contributed by atoms with Crippen LogP contribution in [0, 0.1) is 0 Å². The topological polar surface area (TPSA) is 64.9 Å². The summed E-state index contributed by atoms with van der Waals surface area (Å²) in [5, 5.41) is 10.7. The van der Waals surface area contributed by atoms with Crippen LogP contribution in [-0.4, -0.2) is 26.9 Å². The quantitative estimate of drug-likeness (QED) is 0.305. The molecule has 33 heavy (non-hydrogen) atoms. The van der Waals surface area contributed by atoms with Gasteiger partial charge in [-0.25, -0.2) is 14.6 Å². The van der Waals surface area contributed by atoms with E-state index in [-0.39, 0.29) is 5.41 Å². The number of rotatable bonds is 4. The summed E-state index contributed by atoms with van der Waals surface area (Å²) in [6.07, 6.45) is 0.